The van der Waals surface area contributed by atoms with Crippen LogP contribution in [0.5, 0.6) is 0 Å². The number of aromatic nitrogens is 3. The number of H-pyrrole nitrogens is 1. The Bertz CT molecular complexity index is 713. The summed E-state index contributed by atoms with van der Waals surface area (Å²) in [5.41, 5.74) is 0.246. The molecule has 0 aliphatic rings. The van der Waals surface area contributed by atoms with Gasteiger partial charge in [-0.25, -0.2) is 14.8 Å². The summed E-state index contributed by atoms with van der Waals surface area (Å²) in [5.74, 6) is -1.14. The number of pyridine rings is 1. The number of esters is 1. The van der Waals surface area contributed by atoms with Crippen LogP contribution in [0.3, 0.4) is 0 Å². The first-order chi connectivity index (χ1) is 11.5. The molecule has 8 heteroatoms. The molecule has 0 radical (unpaired) electrons. The fraction of sp³-hybridized carbons (Fsp3) is 0.375. The van der Waals surface area contributed by atoms with E-state index in [-0.39, 0.29) is 23.7 Å². The molecule has 0 fully saturated rings. The first-order valence-corrected chi connectivity index (χ1v) is 7.74. The maximum Gasteiger partial charge on any atom is 0.358 e. The van der Waals surface area contributed by atoms with Crippen LogP contribution in [0, 0.1) is 5.95 Å². The number of unbranched alkanes of at least 4 members (excludes halogenated alkanes) is 1. The molecule has 1 amide bonds. The third kappa shape index (κ3) is 4.37. The van der Waals surface area contributed by atoms with Gasteiger partial charge in [0.25, 0.3) is 5.91 Å². The second-order valence-electron chi connectivity index (χ2n) is 5.05. The molecule has 0 aliphatic heterocycles. The predicted molar refractivity (Wildman–Crippen MR) is 85.3 cm³/mol. The van der Waals surface area contributed by atoms with Crippen LogP contribution in [0.15, 0.2) is 18.3 Å². The SMILES string of the molecule is CCCCc1nc(NC(=O)c2ccc(F)nc2)c(C(=O)OCC)[nH]1. The minimum Gasteiger partial charge on any atom is -0.461 e. The van der Waals surface area contributed by atoms with E-state index in [4.69, 9.17) is 4.74 Å². The zero-order chi connectivity index (χ0) is 17.5. The summed E-state index contributed by atoms with van der Waals surface area (Å²) >= 11 is 0. The number of anilines is 1. The van der Waals surface area contributed by atoms with Gasteiger partial charge in [0.2, 0.25) is 5.95 Å². The number of ether oxygens (including phenoxy) is 1. The summed E-state index contributed by atoms with van der Waals surface area (Å²) in [6, 6.07) is 2.38. The third-order valence-electron chi connectivity index (χ3n) is 3.22. The normalized spacial score (nSPS) is 10.5. The molecule has 0 bridgehead atoms. The summed E-state index contributed by atoms with van der Waals surface area (Å²) in [6.07, 6.45) is 3.62. The maximum atomic E-state index is 12.8. The van der Waals surface area contributed by atoms with E-state index >= 15 is 0 Å². The molecular formula is C16H19FN4O3. The molecule has 128 valence electrons. The Kier molecular flexibility index (Phi) is 6.00. The molecule has 0 aromatic carbocycles. The molecule has 0 saturated heterocycles. The fourth-order valence-electron chi connectivity index (χ4n) is 2.02. The monoisotopic (exact) mass is 334 g/mol. The van der Waals surface area contributed by atoms with Crippen LogP contribution in [0.1, 0.15) is 53.4 Å². The van der Waals surface area contributed by atoms with Gasteiger partial charge in [0.15, 0.2) is 11.5 Å². The summed E-state index contributed by atoms with van der Waals surface area (Å²) in [5, 5.41) is 2.54. The van der Waals surface area contributed by atoms with Crippen molar-refractivity contribution in [2.45, 2.75) is 33.1 Å². The number of hydrogen-bond acceptors (Lipinski definition) is 5. The number of rotatable bonds is 7. The third-order valence-corrected chi connectivity index (χ3v) is 3.22. The molecule has 0 atom stereocenters. The van der Waals surface area contributed by atoms with Crippen molar-refractivity contribution in [2.24, 2.45) is 0 Å². The standard InChI is InChI=1S/C16H19FN4O3/c1-3-5-6-12-19-13(16(23)24-4-2)14(20-12)21-15(22)10-7-8-11(17)18-9-10/h7-9H,3-6H2,1-2H3,(H,19,20)(H,21,22). The number of halogens is 1. The second-order valence-corrected chi connectivity index (χ2v) is 5.05. The van der Waals surface area contributed by atoms with Gasteiger partial charge in [-0.15, -0.1) is 0 Å². The Morgan fingerprint density at radius 2 is 2.12 bits per heavy atom. The van der Waals surface area contributed by atoms with Crippen molar-refractivity contribution in [3.63, 3.8) is 0 Å². The van der Waals surface area contributed by atoms with Crippen molar-refractivity contribution in [3.8, 4) is 0 Å². The quantitative estimate of drug-likeness (QED) is 0.599. The lowest BCUT2D eigenvalue weighted by Gasteiger charge is -2.04. The summed E-state index contributed by atoms with van der Waals surface area (Å²) in [6.45, 7) is 3.94. The smallest absolute Gasteiger partial charge is 0.358 e. The van der Waals surface area contributed by atoms with E-state index in [0.717, 1.165) is 25.1 Å². The Labute approximate surface area is 138 Å². The Morgan fingerprint density at radius 1 is 1.33 bits per heavy atom. The van der Waals surface area contributed by atoms with Gasteiger partial charge in [-0.1, -0.05) is 13.3 Å². The summed E-state index contributed by atoms with van der Waals surface area (Å²) in [4.78, 5) is 34.8. The van der Waals surface area contributed by atoms with E-state index in [2.05, 4.69) is 20.3 Å². The largest absolute Gasteiger partial charge is 0.461 e. The van der Waals surface area contributed by atoms with Gasteiger partial charge in [0.05, 0.1) is 12.2 Å². The van der Waals surface area contributed by atoms with Crippen LogP contribution in [0.2, 0.25) is 0 Å². The lowest BCUT2D eigenvalue weighted by atomic mass is 10.2. The first kappa shape index (κ1) is 17.6. The van der Waals surface area contributed by atoms with Crippen LogP contribution in [-0.4, -0.2) is 33.4 Å². The number of aromatic amines is 1. The van der Waals surface area contributed by atoms with Gasteiger partial charge in [0.1, 0.15) is 5.82 Å². The molecule has 0 spiro atoms. The number of carbonyl (C=O) groups excluding carboxylic acids is 2. The van der Waals surface area contributed by atoms with Gasteiger partial charge >= 0.3 is 5.97 Å². The molecule has 2 heterocycles. The van der Waals surface area contributed by atoms with E-state index in [9.17, 15) is 14.0 Å². The van der Waals surface area contributed by atoms with E-state index in [1.54, 1.807) is 6.92 Å². The molecule has 2 rings (SSSR count). The van der Waals surface area contributed by atoms with Crippen molar-refractivity contribution in [3.05, 3.63) is 41.4 Å². The van der Waals surface area contributed by atoms with Crippen molar-refractivity contribution < 1.29 is 18.7 Å². The number of imidazole rings is 1. The molecule has 2 aromatic heterocycles. The van der Waals surface area contributed by atoms with Crippen molar-refractivity contribution in [2.75, 3.05) is 11.9 Å². The van der Waals surface area contributed by atoms with Crippen LogP contribution < -0.4 is 5.32 Å². The number of nitrogens with zero attached hydrogens (tertiary/aromatic N) is 2. The molecule has 7 nitrogen and oxygen atoms in total. The highest BCUT2D eigenvalue weighted by Crippen LogP contribution is 2.16. The topological polar surface area (TPSA) is 97.0 Å². The van der Waals surface area contributed by atoms with Gasteiger partial charge in [0, 0.05) is 12.6 Å². The average Bonchev–Trinajstić information content (AvgIpc) is 2.96. The molecule has 0 aliphatic carbocycles. The number of hydrogen-bond donors (Lipinski definition) is 2. The zero-order valence-corrected chi connectivity index (χ0v) is 13.6. The highest BCUT2D eigenvalue weighted by Gasteiger charge is 2.20. The minimum absolute atomic E-state index is 0.0892. The number of carbonyl (C=O) groups is 2. The Hall–Kier alpha value is -2.77. The van der Waals surface area contributed by atoms with E-state index < -0.39 is 17.8 Å². The van der Waals surface area contributed by atoms with Crippen LogP contribution >= 0.6 is 0 Å². The van der Waals surface area contributed by atoms with Crippen LogP contribution in [-0.2, 0) is 11.2 Å². The van der Waals surface area contributed by atoms with E-state index in [0.29, 0.717) is 12.2 Å². The van der Waals surface area contributed by atoms with Crippen molar-refractivity contribution in [1.82, 2.24) is 15.0 Å². The highest BCUT2D eigenvalue weighted by molar-refractivity contribution is 6.06. The Balaban J connectivity index is 2.22. The highest BCUT2D eigenvalue weighted by atomic mass is 19.1. The lowest BCUT2D eigenvalue weighted by Crippen LogP contribution is -2.16. The van der Waals surface area contributed by atoms with Gasteiger partial charge in [-0.3, -0.25) is 4.79 Å². The lowest BCUT2D eigenvalue weighted by molar-refractivity contribution is 0.0521. The molecule has 0 saturated carbocycles. The van der Waals surface area contributed by atoms with Gasteiger partial charge < -0.3 is 15.0 Å². The Morgan fingerprint density at radius 3 is 2.75 bits per heavy atom. The molecule has 2 aromatic rings. The van der Waals surface area contributed by atoms with E-state index in [1.165, 1.54) is 6.07 Å². The fourth-order valence-corrected chi connectivity index (χ4v) is 2.02. The van der Waals surface area contributed by atoms with Gasteiger partial charge in [-0.2, -0.15) is 4.39 Å². The number of nitrogens with one attached hydrogen (secondary N) is 2. The molecule has 2 N–H and O–H groups in total. The molecular weight excluding hydrogens is 315 g/mol. The van der Waals surface area contributed by atoms with Gasteiger partial charge in [-0.05, 0) is 25.5 Å². The number of amides is 1. The van der Waals surface area contributed by atoms with Crippen LogP contribution in [0.4, 0.5) is 10.2 Å². The predicted octanol–water partition coefficient (Wildman–Crippen LogP) is 2.72. The molecule has 24 heavy (non-hydrogen) atoms. The summed E-state index contributed by atoms with van der Waals surface area (Å²) < 4.78 is 17.8. The average molecular weight is 334 g/mol. The first-order valence-electron chi connectivity index (χ1n) is 7.74. The summed E-state index contributed by atoms with van der Waals surface area (Å²) in [7, 11) is 0. The number of aryl methyl sites for hydroxylation is 1. The van der Waals surface area contributed by atoms with Crippen molar-refractivity contribution in [1.29, 1.82) is 0 Å². The van der Waals surface area contributed by atoms with Crippen molar-refractivity contribution >= 4 is 17.7 Å². The maximum absolute atomic E-state index is 12.8. The zero-order valence-electron chi connectivity index (χ0n) is 13.6. The minimum atomic E-state index is -0.680. The second kappa shape index (κ2) is 8.19. The van der Waals surface area contributed by atoms with Crippen LogP contribution in [0.25, 0.3) is 0 Å². The van der Waals surface area contributed by atoms with E-state index in [1.807, 2.05) is 6.92 Å². The molecule has 0 unspecified atom stereocenters.